The van der Waals surface area contributed by atoms with Gasteiger partial charge in [0.15, 0.2) is 5.65 Å². The maximum Gasteiger partial charge on any atom is 0.311 e. The monoisotopic (exact) mass is 354 g/mol. The van der Waals surface area contributed by atoms with Crippen LogP contribution in [0.5, 0.6) is 5.88 Å². The Morgan fingerprint density at radius 3 is 2.96 bits per heavy atom. The minimum absolute atomic E-state index is 0.0342. The molecule has 1 aliphatic heterocycles. The van der Waals surface area contributed by atoms with E-state index in [1.807, 2.05) is 6.92 Å². The van der Waals surface area contributed by atoms with E-state index in [0.29, 0.717) is 35.7 Å². The Kier molecular flexibility index (Phi) is 4.67. The summed E-state index contributed by atoms with van der Waals surface area (Å²) < 4.78 is 18.3. The molecule has 130 valence electrons. The number of thiazole rings is 1. The predicted molar refractivity (Wildman–Crippen MR) is 87.0 cm³/mol. The Hall–Kier alpha value is -2.20. The summed E-state index contributed by atoms with van der Waals surface area (Å²) in [5, 5.41) is 0. The highest BCUT2D eigenvalue weighted by Crippen LogP contribution is 2.33. The van der Waals surface area contributed by atoms with E-state index in [0.717, 1.165) is 11.3 Å². The second kappa shape index (κ2) is 6.73. The number of rotatable bonds is 5. The third-order valence-corrected chi connectivity index (χ3v) is 4.51. The number of aromatic nitrogens is 3. The lowest BCUT2D eigenvalue weighted by Crippen LogP contribution is -2.23. The third-order valence-electron chi connectivity index (χ3n) is 3.57. The summed E-state index contributed by atoms with van der Waals surface area (Å²) in [6, 6.07) is 0. The van der Waals surface area contributed by atoms with Gasteiger partial charge in [-0.1, -0.05) is 11.3 Å². The SMILES string of the molecule is CCOc1nc(N)nc2c1sc(=O)n2[C@H]1CC[C@@H](COC(C)=O)O1. The number of fused-ring (bicyclic) bond motifs is 1. The summed E-state index contributed by atoms with van der Waals surface area (Å²) in [4.78, 5) is 31.3. The van der Waals surface area contributed by atoms with Gasteiger partial charge in [-0.15, -0.1) is 0 Å². The quantitative estimate of drug-likeness (QED) is 0.792. The fourth-order valence-electron chi connectivity index (χ4n) is 2.61. The summed E-state index contributed by atoms with van der Waals surface area (Å²) in [6.45, 7) is 3.74. The minimum atomic E-state index is -0.476. The van der Waals surface area contributed by atoms with Gasteiger partial charge in [0.05, 0.1) is 12.7 Å². The van der Waals surface area contributed by atoms with Gasteiger partial charge in [-0.05, 0) is 19.8 Å². The second-order valence-corrected chi connectivity index (χ2v) is 6.26. The van der Waals surface area contributed by atoms with Crippen LogP contribution in [0.2, 0.25) is 0 Å². The number of nitrogen functional groups attached to an aromatic ring is 1. The first-order valence-electron chi connectivity index (χ1n) is 7.59. The molecule has 0 aliphatic carbocycles. The molecule has 1 fully saturated rings. The van der Waals surface area contributed by atoms with Crippen molar-refractivity contribution >= 4 is 33.6 Å². The maximum atomic E-state index is 12.4. The number of nitrogens with two attached hydrogens (primary N) is 1. The van der Waals surface area contributed by atoms with E-state index in [1.54, 1.807) is 0 Å². The van der Waals surface area contributed by atoms with Crippen molar-refractivity contribution in [2.75, 3.05) is 18.9 Å². The third kappa shape index (κ3) is 3.20. The zero-order valence-electron chi connectivity index (χ0n) is 13.4. The highest BCUT2D eigenvalue weighted by Gasteiger charge is 2.31. The number of carbonyl (C=O) groups is 1. The number of esters is 1. The first-order valence-corrected chi connectivity index (χ1v) is 8.41. The van der Waals surface area contributed by atoms with Gasteiger partial charge < -0.3 is 19.9 Å². The largest absolute Gasteiger partial charge is 0.477 e. The first-order chi connectivity index (χ1) is 11.5. The van der Waals surface area contributed by atoms with Gasteiger partial charge in [0.1, 0.15) is 17.5 Å². The normalized spacial score (nSPS) is 20.4. The van der Waals surface area contributed by atoms with E-state index in [-0.39, 0.29) is 29.5 Å². The number of ether oxygens (including phenoxy) is 3. The number of anilines is 1. The molecule has 1 saturated heterocycles. The number of carbonyl (C=O) groups excluding carboxylic acids is 1. The molecule has 24 heavy (non-hydrogen) atoms. The molecule has 9 nitrogen and oxygen atoms in total. The molecule has 0 bridgehead atoms. The maximum absolute atomic E-state index is 12.4. The molecule has 2 atom stereocenters. The molecular weight excluding hydrogens is 336 g/mol. The Bertz CT molecular complexity index is 817. The van der Waals surface area contributed by atoms with Crippen molar-refractivity contribution in [2.45, 2.75) is 39.0 Å². The van der Waals surface area contributed by atoms with Gasteiger partial charge >= 0.3 is 10.8 Å². The van der Waals surface area contributed by atoms with Crippen molar-refractivity contribution in [1.82, 2.24) is 14.5 Å². The van der Waals surface area contributed by atoms with E-state index in [9.17, 15) is 9.59 Å². The van der Waals surface area contributed by atoms with Crippen LogP contribution in [0.1, 0.15) is 32.9 Å². The van der Waals surface area contributed by atoms with E-state index < -0.39 is 6.23 Å². The van der Waals surface area contributed by atoms with Gasteiger partial charge in [-0.25, -0.2) is 0 Å². The second-order valence-electron chi connectivity index (χ2n) is 5.30. The lowest BCUT2D eigenvalue weighted by Gasteiger charge is -2.15. The van der Waals surface area contributed by atoms with Crippen LogP contribution < -0.4 is 15.3 Å². The van der Waals surface area contributed by atoms with E-state index in [2.05, 4.69) is 9.97 Å². The lowest BCUT2D eigenvalue weighted by molar-refractivity contribution is -0.145. The summed E-state index contributed by atoms with van der Waals surface area (Å²) in [5.74, 6) is -0.0238. The van der Waals surface area contributed by atoms with E-state index in [4.69, 9.17) is 19.9 Å². The van der Waals surface area contributed by atoms with Gasteiger partial charge in [0.25, 0.3) is 0 Å². The topological polar surface area (TPSA) is 119 Å². The molecule has 0 unspecified atom stereocenters. The van der Waals surface area contributed by atoms with Crippen molar-refractivity contribution in [3.8, 4) is 5.88 Å². The van der Waals surface area contributed by atoms with Crippen LogP contribution in [-0.2, 0) is 14.3 Å². The smallest absolute Gasteiger partial charge is 0.311 e. The molecular formula is C14H18N4O5S. The highest BCUT2D eigenvalue weighted by atomic mass is 32.1. The lowest BCUT2D eigenvalue weighted by atomic mass is 10.2. The molecule has 3 heterocycles. The van der Waals surface area contributed by atoms with E-state index in [1.165, 1.54) is 11.5 Å². The molecule has 10 heteroatoms. The molecule has 1 aliphatic rings. The van der Waals surface area contributed by atoms with Crippen molar-refractivity contribution in [1.29, 1.82) is 0 Å². The molecule has 2 aromatic rings. The fourth-order valence-corrected chi connectivity index (χ4v) is 3.51. The highest BCUT2D eigenvalue weighted by molar-refractivity contribution is 7.16. The number of nitrogens with zero attached hydrogens (tertiary/aromatic N) is 3. The standard InChI is InChI=1S/C14H18N4O5S/c1-3-21-12-10-11(16-13(15)17-12)18(14(20)24-10)9-5-4-8(23-9)6-22-7(2)19/h8-9H,3-6H2,1-2H3,(H2,15,16,17)/t8-,9+/m0/s1. The zero-order chi connectivity index (χ0) is 17.3. The van der Waals surface area contributed by atoms with Crippen LogP contribution in [0.4, 0.5) is 5.95 Å². The molecule has 2 aromatic heterocycles. The van der Waals surface area contributed by atoms with Crippen molar-refractivity contribution in [3.63, 3.8) is 0 Å². The van der Waals surface area contributed by atoms with Crippen LogP contribution in [0.15, 0.2) is 4.79 Å². The van der Waals surface area contributed by atoms with Crippen molar-refractivity contribution in [2.24, 2.45) is 0 Å². The Labute approximate surface area is 141 Å². The summed E-state index contributed by atoms with van der Waals surface area (Å²) in [5.41, 5.74) is 6.13. The Balaban J connectivity index is 1.91. The van der Waals surface area contributed by atoms with Crippen molar-refractivity contribution < 1.29 is 19.0 Å². The van der Waals surface area contributed by atoms with Gasteiger partial charge in [0.2, 0.25) is 11.8 Å². The minimum Gasteiger partial charge on any atom is -0.477 e. The van der Waals surface area contributed by atoms with Crippen molar-refractivity contribution in [3.05, 3.63) is 9.67 Å². The number of hydrogen-bond donors (Lipinski definition) is 1. The first kappa shape index (κ1) is 16.7. The van der Waals surface area contributed by atoms with Gasteiger partial charge in [-0.2, -0.15) is 9.97 Å². The Morgan fingerprint density at radius 1 is 1.46 bits per heavy atom. The van der Waals surface area contributed by atoms with Crippen LogP contribution in [-0.4, -0.2) is 39.8 Å². The molecule has 0 aromatic carbocycles. The molecule has 3 rings (SSSR count). The van der Waals surface area contributed by atoms with Crippen LogP contribution in [0, 0.1) is 0 Å². The summed E-state index contributed by atoms with van der Waals surface area (Å²) in [7, 11) is 0. The predicted octanol–water partition coefficient (Wildman–Crippen LogP) is 1.07. The van der Waals surface area contributed by atoms with Gasteiger partial charge in [-0.3, -0.25) is 14.2 Å². The fraction of sp³-hybridized carbons (Fsp3) is 0.571. The molecule has 0 spiro atoms. The molecule has 0 radical (unpaired) electrons. The zero-order valence-corrected chi connectivity index (χ0v) is 14.2. The summed E-state index contributed by atoms with van der Waals surface area (Å²) in [6.07, 6.45) is 0.577. The molecule has 2 N–H and O–H groups in total. The molecule has 0 saturated carbocycles. The number of hydrogen-bond acceptors (Lipinski definition) is 9. The van der Waals surface area contributed by atoms with Crippen LogP contribution in [0.25, 0.3) is 10.3 Å². The Morgan fingerprint density at radius 2 is 2.25 bits per heavy atom. The summed E-state index contributed by atoms with van der Waals surface area (Å²) >= 11 is 0.997. The van der Waals surface area contributed by atoms with E-state index >= 15 is 0 Å². The van der Waals surface area contributed by atoms with Gasteiger partial charge in [0, 0.05) is 6.92 Å². The molecule has 0 amide bonds. The average Bonchev–Trinajstić information content (AvgIpc) is 3.09. The average molecular weight is 354 g/mol. The van der Waals surface area contributed by atoms with Crippen LogP contribution >= 0.6 is 11.3 Å². The van der Waals surface area contributed by atoms with Crippen LogP contribution in [0.3, 0.4) is 0 Å².